The molecular formula is C14H29NOS. The third kappa shape index (κ3) is 5.09. The van der Waals surface area contributed by atoms with Crippen LogP contribution in [0.5, 0.6) is 0 Å². The summed E-state index contributed by atoms with van der Waals surface area (Å²) >= 11 is 0. The average Bonchev–Trinajstić information content (AvgIpc) is 2.29. The molecule has 0 heterocycles. The van der Waals surface area contributed by atoms with Gasteiger partial charge >= 0.3 is 0 Å². The van der Waals surface area contributed by atoms with Gasteiger partial charge in [0.1, 0.15) is 0 Å². The lowest BCUT2D eigenvalue weighted by atomic mass is 9.83. The fourth-order valence-electron chi connectivity index (χ4n) is 2.71. The van der Waals surface area contributed by atoms with Crippen LogP contribution in [-0.2, 0) is 10.8 Å². The van der Waals surface area contributed by atoms with E-state index >= 15 is 0 Å². The smallest absolute Gasteiger partial charge is 0.0501 e. The Morgan fingerprint density at radius 1 is 1.35 bits per heavy atom. The lowest BCUT2D eigenvalue weighted by molar-refractivity contribution is 0.313. The second kappa shape index (κ2) is 7.52. The largest absolute Gasteiger partial charge is 0.327 e. The number of hydrogen-bond donors (Lipinski definition) is 1. The van der Waals surface area contributed by atoms with Crippen LogP contribution in [0.2, 0.25) is 0 Å². The molecule has 1 aliphatic rings. The number of rotatable bonds is 6. The van der Waals surface area contributed by atoms with Crippen molar-refractivity contribution in [1.29, 1.82) is 0 Å². The maximum Gasteiger partial charge on any atom is 0.0501 e. The van der Waals surface area contributed by atoms with E-state index in [1.54, 1.807) is 0 Å². The zero-order chi connectivity index (χ0) is 12.8. The second-order valence-corrected chi connectivity index (χ2v) is 7.71. The van der Waals surface area contributed by atoms with Crippen LogP contribution in [0.25, 0.3) is 0 Å². The Hall–Kier alpha value is 0.110. The first kappa shape index (κ1) is 15.2. The van der Waals surface area contributed by atoms with E-state index in [1.165, 1.54) is 19.3 Å². The summed E-state index contributed by atoms with van der Waals surface area (Å²) in [6.07, 6.45) is 7.00. The highest BCUT2D eigenvalue weighted by Gasteiger charge is 2.31. The van der Waals surface area contributed by atoms with E-state index in [-0.39, 0.29) is 11.3 Å². The van der Waals surface area contributed by atoms with Crippen molar-refractivity contribution < 1.29 is 4.21 Å². The molecule has 2 N–H and O–H groups in total. The molecule has 0 amide bonds. The lowest BCUT2D eigenvalue weighted by Gasteiger charge is -2.33. The molecule has 0 aliphatic heterocycles. The Morgan fingerprint density at radius 3 is 2.65 bits per heavy atom. The number of nitrogens with two attached hydrogens (primary N) is 1. The van der Waals surface area contributed by atoms with Gasteiger partial charge in [-0.15, -0.1) is 0 Å². The highest BCUT2D eigenvalue weighted by atomic mass is 32.2. The topological polar surface area (TPSA) is 43.1 Å². The van der Waals surface area contributed by atoms with Gasteiger partial charge in [-0.25, -0.2) is 0 Å². The molecule has 0 aromatic heterocycles. The Balaban J connectivity index is 2.45. The van der Waals surface area contributed by atoms with Gasteiger partial charge in [-0.1, -0.05) is 33.6 Å². The van der Waals surface area contributed by atoms with Crippen LogP contribution in [0.3, 0.4) is 0 Å². The van der Waals surface area contributed by atoms with Gasteiger partial charge < -0.3 is 5.73 Å². The van der Waals surface area contributed by atoms with E-state index in [9.17, 15) is 4.21 Å². The summed E-state index contributed by atoms with van der Waals surface area (Å²) in [4.78, 5) is 0. The zero-order valence-corrected chi connectivity index (χ0v) is 12.5. The molecule has 17 heavy (non-hydrogen) atoms. The molecule has 102 valence electrons. The molecule has 2 nitrogen and oxygen atoms in total. The summed E-state index contributed by atoms with van der Waals surface area (Å²) in [7, 11) is -0.706. The third-order valence-electron chi connectivity index (χ3n) is 3.88. The molecule has 0 radical (unpaired) electrons. The molecule has 0 saturated heterocycles. The summed E-state index contributed by atoms with van der Waals surface area (Å²) in [5.41, 5.74) is 6.15. The quantitative estimate of drug-likeness (QED) is 0.796. The van der Waals surface area contributed by atoms with E-state index in [4.69, 9.17) is 5.73 Å². The monoisotopic (exact) mass is 259 g/mol. The molecule has 0 bridgehead atoms. The first-order valence-electron chi connectivity index (χ1n) is 7.17. The van der Waals surface area contributed by atoms with E-state index in [0.717, 1.165) is 30.9 Å². The minimum absolute atomic E-state index is 0.177. The van der Waals surface area contributed by atoms with E-state index in [2.05, 4.69) is 20.8 Å². The van der Waals surface area contributed by atoms with Gasteiger partial charge in [0.2, 0.25) is 0 Å². The molecule has 0 aromatic carbocycles. The van der Waals surface area contributed by atoms with Gasteiger partial charge in [0.25, 0.3) is 0 Å². The standard InChI is InChI=1S/C14H29NOS/c1-4-5-12-6-7-13(15)14(10-12)17(16)9-8-11(2)3/h11-14H,4-10,15H2,1-3H3. The van der Waals surface area contributed by atoms with Gasteiger partial charge in [0.05, 0.1) is 5.25 Å². The Morgan fingerprint density at radius 2 is 2.06 bits per heavy atom. The van der Waals surface area contributed by atoms with Crippen LogP contribution in [0.1, 0.15) is 59.3 Å². The normalized spacial score (nSPS) is 31.7. The zero-order valence-electron chi connectivity index (χ0n) is 11.7. The van der Waals surface area contributed by atoms with Crippen LogP contribution in [0, 0.1) is 11.8 Å². The third-order valence-corrected chi connectivity index (χ3v) is 5.74. The predicted molar refractivity (Wildman–Crippen MR) is 76.5 cm³/mol. The van der Waals surface area contributed by atoms with Crippen LogP contribution in [-0.4, -0.2) is 21.3 Å². The van der Waals surface area contributed by atoms with Gasteiger partial charge in [-0.05, 0) is 37.5 Å². The van der Waals surface area contributed by atoms with Crippen molar-refractivity contribution in [3.8, 4) is 0 Å². The first-order chi connectivity index (χ1) is 8.04. The predicted octanol–water partition coefficient (Wildman–Crippen LogP) is 3.08. The van der Waals surface area contributed by atoms with Crippen LogP contribution < -0.4 is 5.73 Å². The molecule has 0 aromatic rings. The maximum atomic E-state index is 12.3. The maximum absolute atomic E-state index is 12.3. The van der Waals surface area contributed by atoms with Crippen molar-refractivity contribution in [1.82, 2.24) is 0 Å². The minimum Gasteiger partial charge on any atom is -0.327 e. The number of hydrogen-bond acceptors (Lipinski definition) is 2. The molecular weight excluding hydrogens is 230 g/mol. The average molecular weight is 259 g/mol. The summed E-state index contributed by atoms with van der Waals surface area (Å²) in [5, 5.41) is 0.263. The summed E-state index contributed by atoms with van der Waals surface area (Å²) in [6.45, 7) is 6.62. The molecule has 3 heteroatoms. The Kier molecular flexibility index (Phi) is 6.71. The van der Waals surface area contributed by atoms with Gasteiger partial charge in [0.15, 0.2) is 0 Å². The Labute approximate surface area is 109 Å². The van der Waals surface area contributed by atoms with E-state index in [0.29, 0.717) is 5.92 Å². The van der Waals surface area contributed by atoms with Crippen LogP contribution in [0.4, 0.5) is 0 Å². The van der Waals surface area contributed by atoms with Gasteiger partial charge in [-0.3, -0.25) is 4.21 Å². The lowest BCUT2D eigenvalue weighted by Crippen LogP contribution is -2.43. The van der Waals surface area contributed by atoms with Crippen molar-refractivity contribution >= 4 is 10.8 Å². The highest BCUT2D eigenvalue weighted by molar-refractivity contribution is 7.85. The van der Waals surface area contributed by atoms with Gasteiger partial charge in [-0.2, -0.15) is 0 Å². The van der Waals surface area contributed by atoms with Crippen LogP contribution >= 0.6 is 0 Å². The van der Waals surface area contributed by atoms with E-state index in [1.807, 2.05) is 0 Å². The minimum atomic E-state index is -0.706. The van der Waals surface area contributed by atoms with Gasteiger partial charge in [0, 0.05) is 22.6 Å². The molecule has 1 fully saturated rings. The fourth-order valence-corrected chi connectivity index (χ4v) is 4.73. The van der Waals surface area contributed by atoms with Crippen molar-refractivity contribution in [2.75, 3.05) is 5.75 Å². The summed E-state index contributed by atoms with van der Waals surface area (Å²) in [6, 6.07) is 0.177. The molecule has 4 unspecified atom stereocenters. The van der Waals surface area contributed by atoms with Crippen molar-refractivity contribution in [2.24, 2.45) is 17.6 Å². The van der Waals surface area contributed by atoms with Crippen molar-refractivity contribution in [3.05, 3.63) is 0 Å². The Bertz CT molecular complexity index is 242. The molecule has 4 atom stereocenters. The summed E-state index contributed by atoms with van der Waals surface area (Å²) in [5.74, 6) is 2.26. The molecule has 0 spiro atoms. The van der Waals surface area contributed by atoms with Crippen molar-refractivity contribution in [2.45, 2.75) is 70.6 Å². The van der Waals surface area contributed by atoms with Crippen LogP contribution in [0.15, 0.2) is 0 Å². The van der Waals surface area contributed by atoms with Crippen molar-refractivity contribution in [3.63, 3.8) is 0 Å². The molecule has 1 saturated carbocycles. The van der Waals surface area contributed by atoms with E-state index < -0.39 is 10.8 Å². The highest BCUT2D eigenvalue weighted by Crippen LogP contribution is 2.30. The molecule has 1 rings (SSSR count). The second-order valence-electron chi connectivity index (χ2n) is 5.94. The SMILES string of the molecule is CCCC1CCC(N)C(S(=O)CCC(C)C)C1. The first-order valence-corrected chi connectivity index (χ1v) is 8.55. The fraction of sp³-hybridized carbons (Fsp3) is 1.00. The molecule has 1 aliphatic carbocycles. The summed E-state index contributed by atoms with van der Waals surface area (Å²) < 4.78 is 12.3.